The van der Waals surface area contributed by atoms with Crippen LogP contribution in [0.15, 0.2) is 18.5 Å². The molecule has 0 unspecified atom stereocenters. The number of rotatable bonds is 5. The first-order chi connectivity index (χ1) is 7.58. The van der Waals surface area contributed by atoms with Crippen molar-refractivity contribution in [2.24, 2.45) is 0 Å². The molecule has 0 atom stereocenters. The van der Waals surface area contributed by atoms with E-state index < -0.39 is 5.97 Å². The molecule has 0 spiro atoms. The topological polar surface area (TPSA) is 79.3 Å². The van der Waals surface area contributed by atoms with E-state index in [0.717, 1.165) is 5.56 Å². The van der Waals surface area contributed by atoms with Crippen LogP contribution in [0.2, 0.25) is 0 Å². The van der Waals surface area contributed by atoms with Crippen molar-refractivity contribution in [2.45, 2.75) is 26.2 Å². The van der Waals surface area contributed by atoms with E-state index in [0.29, 0.717) is 12.1 Å². The highest BCUT2D eigenvalue weighted by Crippen LogP contribution is 2.08. The summed E-state index contributed by atoms with van der Waals surface area (Å²) in [6.45, 7) is 1.88. The lowest BCUT2D eigenvalue weighted by Crippen LogP contribution is -2.12. The van der Waals surface area contributed by atoms with E-state index in [1.807, 2.05) is 13.0 Å². The third kappa shape index (κ3) is 4.54. The molecule has 0 aromatic carbocycles. The average Bonchev–Trinajstić information content (AvgIpc) is 2.16. The van der Waals surface area contributed by atoms with Gasteiger partial charge in [-0.25, -0.2) is 0 Å². The molecule has 2 N–H and O–H groups in total. The Kier molecular flexibility index (Phi) is 4.44. The van der Waals surface area contributed by atoms with Crippen LogP contribution >= 0.6 is 0 Å². The highest BCUT2D eigenvalue weighted by atomic mass is 16.4. The Morgan fingerprint density at radius 1 is 1.38 bits per heavy atom. The molecule has 0 radical (unpaired) electrons. The third-order valence-corrected chi connectivity index (χ3v) is 1.95. The number of carboxylic acid groups (broad SMARTS) is 1. The van der Waals surface area contributed by atoms with Gasteiger partial charge in [0.15, 0.2) is 0 Å². The first kappa shape index (κ1) is 12.2. The van der Waals surface area contributed by atoms with Crippen LogP contribution in [-0.2, 0) is 9.59 Å². The lowest BCUT2D eigenvalue weighted by Gasteiger charge is -2.04. The highest BCUT2D eigenvalue weighted by molar-refractivity contribution is 5.90. The zero-order valence-electron chi connectivity index (χ0n) is 9.06. The molecule has 5 nitrogen and oxygen atoms in total. The summed E-state index contributed by atoms with van der Waals surface area (Å²) in [5.74, 6) is -1.07. The van der Waals surface area contributed by atoms with Crippen LogP contribution in [0.1, 0.15) is 24.8 Å². The fraction of sp³-hybridized carbons (Fsp3) is 0.364. The normalized spacial score (nSPS) is 9.81. The SMILES string of the molecule is Cc1cncc(NC(=O)CCCC(=O)O)c1. The molecule has 0 aliphatic carbocycles. The van der Waals surface area contributed by atoms with Crippen molar-refractivity contribution >= 4 is 17.6 Å². The summed E-state index contributed by atoms with van der Waals surface area (Å²) in [6.07, 6.45) is 3.82. The lowest BCUT2D eigenvalue weighted by molar-refractivity contribution is -0.137. The molecular weight excluding hydrogens is 208 g/mol. The van der Waals surface area contributed by atoms with E-state index in [1.54, 1.807) is 12.4 Å². The Bertz CT molecular complexity index is 391. The molecule has 1 heterocycles. The highest BCUT2D eigenvalue weighted by Gasteiger charge is 2.04. The number of aryl methyl sites for hydroxylation is 1. The van der Waals surface area contributed by atoms with Crippen LogP contribution < -0.4 is 5.32 Å². The van der Waals surface area contributed by atoms with E-state index in [2.05, 4.69) is 10.3 Å². The van der Waals surface area contributed by atoms with Crippen molar-refractivity contribution in [1.82, 2.24) is 4.98 Å². The molecule has 0 bridgehead atoms. The Morgan fingerprint density at radius 2 is 2.12 bits per heavy atom. The minimum Gasteiger partial charge on any atom is -0.481 e. The van der Waals surface area contributed by atoms with Gasteiger partial charge in [0, 0.05) is 19.0 Å². The van der Waals surface area contributed by atoms with E-state index in [9.17, 15) is 9.59 Å². The van der Waals surface area contributed by atoms with Gasteiger partial charge in [-0.15, -0.1) is 0 Å². The number of amides is 1. The first-order valence-electron chi connectivity index (χ1n) is 5.01. The zero-order valence-corrected chi connectivity index (χ0v) is 9.06. The number of carboxylic acids is 1. The minimum atomic E-state index is -0.884. The Labute approximate surface area is 93.5 Å². The number of nitrogens with one attached hydrogen (secondary N) is 1. The predicted molar refractivity (Wildman–Crippen MR) is 59.1 cm³/mol. The summed E-state index contributed by atoms with van der Waals surface area (Å²) in [7, 11) is 0. The van der Waals surface area contributed by atoms with Crippen LogP contribution in [0.25, 0.3) is 0 Å². The number of carbonyl (C=O) groups is 2. The molecule has 1 rings (SSSR count). The van der Waals surface area contributed by atoms with Gasteiger partial charge in [0.1, 0.15) is 0 Å². The van der Waals surface area contributed by atoms with Crippen LogP contribution in [-0.4, -0.2) is 22.0 Å². The van der Waals surface area contributed by atoms with Crippen LogP contribution in [0.3, 0.4) is 0 Å². The molecule has 86 valence electrons. The van der Waals surface area contributed by atoms with E-state index in [-0.39, 0.29) is 18.7 Å². The molecule has 1 amide bonds. The maximum atomic E-state index is 11.4. The van der Waals surface area contributed by atoms with E-state index >= 15 is 0 Å². The standard InChI is InChI=1S/C11H14N2O3/c1-8-5-9(7-12-6-8)13-10(14)3-2-4-11(15)16/h5-7H,2-4H2,1H3,(H,13,14)(H,15,16). The maximum absolute atomic E-state index is 11.4. The maximum Gasteiger partial charge on any atom is 0.303 e. The predicted octanol–water partition coefficient (Wildman–Crippen LogP) is 1.58. The van der Waals surface area contributed by atoms with Crippen LogP contribution in [0.4, 0.5) is 5.69 Å². The Balaban J connectivity index is 2.37. The lowest BCUT2D eigenvalue weighted by atomic mass is 10.2. The van der Waals surface area contributed by atoms with Gasteiger partial charge in [-0.3, -0.25) is 14.6 Å². The fourth-order valence-electron chi connectivity index (χ4n) is 1.25. The quantitative estimate of drug-likeness (QED) is 0.792. The molecule has 1 aromatic rings. The van der Waals surface area contributed by atoms with Crippen molar-refractivity contribution < 1.29 is 14.7 Å². The van der Waals surface area contributed by atoms with Crippen LogP contribution in [0, 0.1) is 6.92 Å². The number of hydrogen-bond donors (Lipinski definition) is 2. The Morgan fingerprint density at radius 3 is 2.75 bits per heavy atom. The van der Waals surface area contributed by atoms with Gasteiger partial charge in [0.2, 0.25) is 5.91 Å². The van der Waals surface area contributed by atoms with Gasteiger partial charge in [-0.2, -0.15) is 0 Å². The van der Waals surface area contributed by atoms with E-state index in [1.165, 1.54) is 0 Å². The first-order valence-corrected chi connectivity index (χ1v) is 5.01. The largest absolute Gasteiger partial charge is 0.481 e. The second kappa shape index (κ2) is 5.85. The van der Waals surface area contributed by atoms with Crippen molar-refractivity contribution in [1.29, 1.82) is 0 Å². The van der Waals surface area contributed by atoms with Gasteiger partial charge in [-0.1, -0.05) is 0 Å². The van der Waals surface area contributed by atoms with Gasteiger partial charge >= 0.3 is 5.97 Å². The summed E-state index contributed by atoms with van der Waals surface area (Å²) < 4.78 is 0. The number of hydrogen-bond acceptors (Lipinski definition) is 3. The number of carbonyl (C=O) groups excluding carboxylic acids is 1. The molecule has 16 heavy (non-hydrogen) atoms. The summed E-state index contributed by atoms with van der Waals surface area (Å²) in [4.78, 5) is 25.6. The number of anilines is 1. The number of nitrogens with zero attached hydrogens (tertiary/aromatic N) is 1. The van der Waals surface area contributed by atoms with Gasteiger partial charge in [0.25, 0.3) is 0 Å². The average molecular weight is 222 g/mol. The van der Waals surface area contributed by atoms with Crippen LogP contribution in [0.5, 0.6) is 0 Å². The molecule has 1 aromatic heterocycles. The van der Waals surface area contributed by atoms with Crippen molar-refractivity contribution in [3.63, 3.8) is 0 Å². The second-order valence-electron chi connectivity index (χ2n) is 3.55. The van der Waals surface area contributed by atoms with E-state index in [4.69, 9.17) is 5.11 Å². The summed E-state index contributed by atoms with van der Waals surface area (Å²) >= 11 is 0. The van der Waals surface area contributed by atoms with Gasteiger partial charge in [0.05, 0.1) is 11.9 Å². The van der Waals surface area contributed by atoms with Gasteiger partial charge < -0.3 is 10.4 Å². The molecule has 0 fully saturated rings. The molecule has 0 saturated heterocycles. The number of aliphatic carboxylic acids is 1. The third-order valence-electron chi connectivity index (χ3n) is 1.95. The second-order valence-corrected chi connectivity index (χ2v) is 3.55. The summed E-state index contributed by atoms with van der Waals surface area (Å²) in [6, 6.07) is 1.81. The monoisotopic (exact) mass is 222 g/mol. The van der Waals surface area contributed by atoms with Crippen molar-refractivity contribution in [3.8, 4) is 0 Å². The fourth-order valence-corrected chi connectivity index (χ4v) is 1.25. The molecule has 0 saturated carbocycles. The number of aromatic nitrogens is 1. The smallest absolute Gasteiger partial charge is 0.303 e. The van der Waals surface area contributed by atoms with Crippen molar-refractivity contribution in [2.75, 3.05) is 5.32 Å². The zero-order chi connectivity index (χ0) is 12.0. The number of pyridine rings is 1. The molecular formula is C11H14N2O3. The molecule has 5 heteroatoms. The minimum absolute atomic E-state index is 0.0134. The summed E-state index contributed by atoms with van der Waals surface area (Å²) in [5, 5.41) is 11.1. The Hall–Kier alpha value is -1.91. The molecule has 0 aliphatic rings. The van der Waals surface area contributed by atoms with Crippen molar-refractivity contribution in [3.05, 3.63) is 24.0 Å². The summed E-state index contributed by atoms with van der Waals surface area (Å²) in [5.41, 5.74) is 1.60. The van der Waals surface area contributed by atoms with Gasteiger partial charge in [-0.05, 0) is 25.0 Å². The molecule has 0 aliphatic heterocycles.